The molecule has 0 radical (unpaired) electrons. The van der Waals surface area contributed by atoms with Gasteiger partial charge < -0.3 is 14.4 Å². The van der Waals surface area contributed by atoms with E-state index in [-0.39, 0.29) is 12.0 Å². The van der Waals surface area contributed by atoms with E-state index in [0.29, 0.717) is 12.3 Å². The van der Waals surface area contributed by atoms with Crippen LogP contribution in [-0.4, -0.2) is 42.1 Å². The molecule has 25 heavy (non-hydrogen) atoms. The predicted octanol–water partition coefficient (Wildman–Crippen LogP) is 3.01. The largest absolute Gasteiger partial charge is 0.497 e. The third kappa shape index (κ3) is 4.72. The van der Waals surface area contributed by atoms with Crippen LogP contribution in [0.15, 0.2) is 42.5 Å². The van der Waals surface area contributed by atoms with Gasteiger partial charge in [-0.15, -0.1) is 0 Å². The maximum Gasteiger partial charge on any atom is 0.226 e. The molecule has 2 heterocycles. The lowest BCUT2D eigenvalue weighted by molar-refractivity contribution is -0.132. The lowest BCUT2D eigenvalue weighted by Crippen LogP contribution is -2.42. The zero-order valence-electron chi connectivity index (χ0n) is 14.8. The number of aryl methyl sites for hydroxylation is 1. The molecule has 3 rings (SSSR count). The maximum atomic E-state index is 12.5. The van der Waals surface area contributed by atoms with Crippen molar-refractivity contribution in [2.45, 2.75) is 32.3 Å². The summed E-state index contributed by atoms with van der Waals surface area (Å²) in [6.45, 7) is 3.39. The van der Waals surface area contributed by atoms with Crippen LogP contribution in [0, 0.1) is 6.92 Å². The molecule has 1 aliphatic heterocycles. The van der Waals surface area contributed by atoms with Crippen molar-refractivity contribution in [3.8, 4) is 11.6 Å². The van der Waals surface area contributed by atoms with E-state index in [4.69, 9.17) is 9.47 Å². The van der Waals surface area contributed by atoms with Crippen molar-refractivity contribution in [1.29, 1.82) is 0 Å². The summed E-state index contributed by atoms with van der Waals surface area (Å²) in [5, 5.41) is 0. The molecule has 2 aromatic rings. The van der Waals surface area contributed by atoms with E-state index in [9.17, 15) is 4.79 Å². The standard InChI is InChI=1S/C20H24N2O3/c1-15-5-3-8-19(21-15)25-17-9-11-22(12-10-17)20(23)14-16-6-4-7-18(13-16)24-2/h3-8,13,17H,9-12,14H2,1-2H3. The molecule has 1 amide bonds. The van der Waals surface area contributed by atoms with Crippen molar-refractivity contribution in [2.75, 3.05) is 20.2 Å². The van der Waals surface area contributed by atoms with Crippen LogP contribution in [0.3, 0.4) is 0 Å². The first-order chi connectivity index (χ1) is 12.1. The number of carbonyl (C=O) groups excluding carboxylic acids is 1. The van der Waals surface area contributed by atoms with E-state index in [0.717, 1.165) is 42.9 Å². The highest BCUT2D eigenvalue weighted by molar-refractivity contribution is 5.79. The molecular weight excluding hydrogens is 316 g/mol. The monoisotopic (exact) mass is 340 g/mol. The number of hydrogen-bond donors (Lipinski definition) is 0. The zero-order chi connectivity index (χ0) is 17.6. The number of likely N-dealkylation sites (tertiary alicyclic amines) is 1. The van der Waals surface area contributed by atoms with Gasteiger partial charge in [-0.3, -0.25) is 4.79 Å². The number of pyridine rings is 1. The van der Waals surface area contributed by atoms with Crippen molar-refractivity contribution >= 4 is 5.91 Å². The van der Waals surface area contributed by atoms with Gasteiger partial charge in [0.2, 0.25) is 11.8 Å². The second kappa shape index (κ2) is 8.01. The molecule has 1 aromatic carbocycles. The minimum absolute atomic E-state index is 0.121. The summed E-state index contributed by atoms with van der Waals surface area (Å²) < 4.78 is 11.2. The highest BCUT2D eigenvalue weighted by Gasteiger charge is 2.24. The van der Waals surface area contributed by atoms with Gasteiger partial charge in [-0.05, 0) is 30.7 Å². The van der Waals surface area contributed by atoms with Crippen molar-refractivity contribution < 1.29 is 14.3 Å². The Morgan fingerprint density at radius 1 is 1.20 bits per heavy atom. The number of ether oxygens (including phenoxy) is 2. The van der Waals surface area contributed by atoms with E-state index < -0.39 is 0 Å². The number of rotatable bonds is 5. The summed E-state index contributed by atoms with van der Waals surface area (Å²) in [6, 6.07) is 13.5. The minimum Gasteiger partial charge on any atom is -0.497 e. The SMILES string of the molecule is COc1cccc(CC(=O)N2CCC(Oc3cccc(C)n3)CC2)c1. The van der Waals surface area contributed by atoms with Crippen LogP contribution < -0.4 is 9.47 Å². The fourth-order valence-corrected chi connectivity index (χ4v) is 3.05. The first-order valence-corrected chi connectivity index (χ1v) is 8.65. The van der Waals surface area contributed by atoms with Crippen LogP contribution in [0.25, 0.3) is 0 Å². The molecule has 1 fully saturated rings. The first-order valence-electron chi connectivity index (χ1n) is 8.65. The molecular formula is C20H24N2O3. The number of hydrogen-bond acceptors (Lipinski definition) is 4. The lowest BCUT2D eigenvalue weighted by atomic mass is 10.1. The fraction of sp³-hybridized carbons (Fsp3) is 0.400. The average molecular weight is 340 g/mol. The number of amides is 1. The molecule has 132 valence electrons. The molecule has 0 unspecified atom stereocenters. The molecule has 1 aliphatic rings. The van der Waals surface area contributed by atoms with E-state index in [1.54, 1.807) is 7.11 Å². The van der Waals surface area contributed by atoms with Crippen LogP contribution in [0.1, 0.15) is 24.1 Å². The average Bonchev–Trinajstić information content (AvgIpc) is 2.62. The van der Waals surface area contributed by atoms with Gasteiger partial charge >= 0.3 is 0 Å². The van der Waals surface area contributed by atoms with E-state index in [2.05, 4.69) is 4.98 Å². The van der Waals surface area contributed by atoms with Gasteiger partial charge in [-0.2, -0.15) is 0 Å². The number of aromatic nitrogens is 1. The Labute approximate surface area is 148 Å². The number of methoxy groups -OCH3 is 1. The van der Waals surface area contributed by atoms with E-state index in [1.165, 1.54) is 0 Å². The number of nitrogens with zero attached hydrogens (tertiary/aromatic N) is 2. The van der Waals surface area contributed by atoms with Gasteiger partial charge in [-0.1, -0.05) is 18.2 Å². The van der Waals surface area contributed by atoms with Gasteiger partial charge in [0.1, 0.15) is 11.9 Å². The number of carbonyl (C=O) groups is 1. The Morgan fingerprint density at radius 2 is 1.96 bits per heavy atom. The minimum atomic E-state index is 0.121. The molecule has 5 heteroatoms. The molecule has 0 saturated carbocycles. The fourth-order valence-electron chi connectivity index (χ4n) is 3.05. The predicted molar refractivity (Wildman–Crippen MR) is 95.9 cm³/mol. The van der Waals surface area contributed by atoms with Crippen LogP contribution in [0.2, 0.25) is 0 Å². The van der Waals surface area contributed by atoms with Crippen molar-refractivity contribution in [2.24, 2.45) is 0 Å². The lowest BCUT2D eigenvalue weighted by Gasteiger charge is -2.32. The Kier molecular flexibility index (Phi) is 5.53. The first kappa shape index (κ1) is 17.3. The van der Waals surface area contributed by atoms with E-state index in [1.807, 2.05) is 54.3 Å². The molecule has 5 nitrogen and oxygen atoms in total. The highest BCUT2D eigenvalue weighted by atomic mass is 16.5. The maximum absolute atomic E-state index is 12.5. The zero-order valence-corrected chi connectivity index (χ0v) is 14.8. The summed E-state index contributed by atoms with van der Waals surface area (Å²) in [5.74, 6) is 1.60. The van der Waals surface area contributed by atoms with Gasteiger partial charge in [0.15, 0.2) is 0 Å². The summed E-state index contributed by atoms with van der Waals surface area (Å²) in [6.07, 6.45) is 2.19. The number of benzene rings is 1. The van der Waals surface area contributed by atoms with Crippen molar-refractivity contribution in [3.63, 3.8) is 0 Å². The Balaban J connectivity index is 1.50. The normalized spacial score (nSPS) is 15.0. The Bertz CT molecular complexity index is 724. The van der Waals surface area contributed by atoms with Gasteiger partial charge in [0.05, 0.1) is 13.5 Å². The smallest absolute Gasteiger partial charge is 0.226 e. The van der Waals surface area contributed by atoms with E-state index >= 15 is 0 Å². The Hall–Kier alpha value is -2.56. The molecule has 0 spiro atoms. The molecule has 0 atom stereocenters. The highest BCUT2D eigenvalue weighted by Crippen LogP contribution is 2.19. The molecule has 0 bridgehead atoms. The summed E-state index contributed by atoms with van der Waals surface area (Å²) in [4.78, 5) is 18.8. The molecule has 0 aliphatic carbocycles. The molecule has 1 aromatic heterocycles. The molecule has 1 saturated heterocycles. The summed E-state index contributed by atoms with van der Waals surface area (Å²) in [7, 11) is 1.63. The topological polar surface area (TPSA) is 51.7 Å². The van der Waals surface area contributed by atoms with Crippen molar-refractivity contribution in [3.05, 3.63) is 53.7 Å². The van der Waals surface area contributed by atoms with Crippen molar-refractivity contribution in [1.82, 2.24) is 9.88 Å². The van der Waals surface area contributed by atoms with Gasteiger partial charge in [0, 0.05) is 37.7 Å². The van der Waals surface area contributed by atoms with Gasteiger partial charge in [0.25, 0.3) is 0 Å². The van der Waals surface area contributed by atoms with Crippen LogP contribution in [0.4, 0.5) is 0 Å². The third-order valence-electron chi connectivity index (χ3n) is 4.43. The second-order valence-corrected chi connectivity index (χ2v) is 6.34. The Morgan fingerprint density at radius 3 is 2.68 bits per heavy atom. The second-order valence-electron chi connectivity index (χ2n) is 6.34. The number of piperidine rings is 1. The summed E-state index contributed by atoms with van der Waals surface area (Å²) in [5.41, 5.74) is 1.93. The van der Waals surface area contributed by atoms with Gasteiger partial charge in [-0.25, -0.2) is 4.98 Å². The van der Waals surface area contributed by atoms with Crippen LogP contribution in [0.5, 0.6) is 11.6 Å². The third-order valence-corrected chi connectivity index (χ3v) is 4.43. The summed E-state index contributed by atoms with van der Waals surface area (Å²) >= 11 is 0. The van der Waals surface area contributed by atoms with Crippen LogP contribution in [-0.2, 0) is 11.2 Å². The van der Waals surface area contributed by atoms with Crippen LogP contribution >= 0.6 is 0 Å². The molecule has 0 N–H and O–H groups in total. The quantitative estimate of drug-likeness (QED) is 0.839.